The molecule has 2 aliphatic rings. The maximum Gasteiger partial charge on any atom is 0.530 e. The number of phosphoric ester groups is 1. The van der Waals surface area contributed by atoms with Crippen LogP contribution < -0.4 is 4.52 Å². The number of likely N-dealkylation sites (tertiary alicyclic amines) is 1. The lowest BCUT2D eigenvalue weighted by Crippen LogP contribution is -2.47. The summed E-state index contributed by atoms with van der Waals surface area (Å²) in [6, 6.07) is 12.8. The molecule has 0 spiro atoms. The Hall–Kier alpha value is -2.85. The number of piperidine rings is 1. The molecule has 12 heteroatoms. The van der Waals surface area contributed by atoms with Gasteiger partial charge in [0.2, 0.25) is 5.75 Å². The van der Waals surface area contributed by atoms with Crippen molar-refractivity contribution in [1.82, 2.24) is 4.90 Å². The first-order valence-electron chi connectivity index (χ1n) is 9.65. The van der Waals surface area contributed by atoms with Crippen molar-refractivity contribution >= 4 is 19.2 Å². The zero-order valence-electron chi connectivity index (χ0n) is 16.4. The number of hydrogen-bond acceptors (Lipinski definition) is 9. The monoisotopic (exact) mass is 449 g/mol. The van der Waals surface area contributed by atoms with E-state index in [4.69, 9.17) is 13.6 Å². The number of nitro groups is 2. The van der Waals surface area contributed by atoms with Crippen LogP contribution in [0.1, 0.15) is 12.0 Å². The number of fused-ring (bicyclic) bond motifs is 1. The molecule has 11 nitrogen and oxygen atoms in total. The van der Waals surface area contributed by atoms with E-state index in [0.717, 1.165) is 31.3 Å². The first-order chi connectivity index (χ1) is 14.8. The average molecular weight is 449 g/mol. The van der Waals surface area contributed by atoms with Crippen LogP contribution >= 0.6 is 7.82 Å². The first kappa shape index (κ1) is 21.4. The first-order valence-corrected chi connectivity index (χ1v) is 11.1. The third-order valence-corrected chi connectivity index (χ3v) is 6.68. The second-order valence-corrected chi connectivity index (χ2v) is 8.96. The van der Waals surface area contributed by atoms with E-state index in [-0.39, 0.29) is 18.6 Å². The number of nitrogens with zero attached hydrogens (tertiary/aromatic N) is 3. The summed E-state index contributed by atoms with van der Waals surface area (Å²) in [7, 11) is -4.11. The molecule has 2 aromatic rings. The summed E-state index contributed by atoms with van der Waals surface area (Å²) in [5.74, 6) is -0.422. The van der Waals surface area contributed by atoms with Crippen LogP contribution in [-0.2, 0) is 20.2 Å². The Labute approximate surface area is 177 Å². The quantitative estimate of drug-likeness (QED) is 0.365. The molecule has 2 saturated heterocycles. The predicted octanol–water partition coefficient (Wildman–Crippen LogP) is 3.93. The lowest BCUT2D eigenvalue weighted by atomic mass is 9.95. The molecule has 2 heterocycles. The van der Waals surface area contributed by atoms with Crippen molar-refractivity contribution in [3.05, 3.63) is 74.3 Å². The highest BCUT2D eigenvalue weighted by atomic mass is 31.2. The Kier molecular flexibility index (Phi) is 6.01. The molecule has 2 aromatic carbocycles. The van der Waals surface area contributed by atoms with Gasteiger partial charge in [0.1, 0.15) is 0 Å². The van der Waals surface area contributed by atoms with E-state index >= 15 is 0 Å². The molecule has 3 atom stereocenters. The smallest absolute Gasteiger partial charge is 0.397 e. The fourth-order valence-electron chi connectivity index (χ4n) is 3.76. The summed E-state index contributed by atoms with van der Waals surface area (Å²) in [4.78, 5) is 22.8. The summed E-state index contributed by atoms with van der Waals surface area (Å²) in [6.45, 7) is 2.33. The molecule has 2 aliphatic heterocycles. The number of rotatable bonds is 6. The summed E-state index contributed by atoms with van der Waals surface area (Å²) >= 11 is 0. The fourth-order valence-corrected chi connectivity index (χ4v) is 5.30. The molecule has 2 fully saturated rings. The Bertz CT molecular complexity index is 1030. The van der Waals surface area contributed by atoms with E-state index in [1.165, 1.54) is 5.56 Å². The topological polar surface area (TPSA) is 134 Å². The molecule has 0 amide bonds. The molecule has 0 bridgehead atoms. The molecule has 164 valence electrons. The molecule has 0 saturated carbocycles. The van der Waals surface area contributed by atoms with Crippen LogP contribution in [0.4, 0.5) is 11.4 Å². The van der Waals surface area contributed by atoms with Gasteiger partial charge in [0, 0.05) is 31.6 Å². The van der Waals surface area contributed by atoms with Crippen molar-refractivity contribution in [2.24, 2.45) is 5.92 Å². The summed E-state index contributed by atoms with van der Waals surface area (Å²) in [5.41, 5.74) is 0.0307. The molecule has 31 heavy (non-hydrogen) atoms. The Balaban J connectivity index is 1.42. The highest BCUT2D eigenvalue weighted by Gasteiger charge is 2.45. The standard InChI is InChI=1S/C19H20N3O8P/c23-21(24)16-6-7-19(17(10-16)22(25)26)30-31(27)28-13-15-12-20(9-8-18(15)29-31)11-14-4-2-1-3-5-14/h1-7,10,15,18H,8-9,11-13H2/t15-,18-,31?/m0/s1. The van der Waals surface area contributed by atoms with Gasteiger partial charge in [0.15, 0.2) is 0 Å². The third kappa shape index (κ3) is 4.91. The van der Waals surface area contributed by atoms with Gasteiger partial charge in [0.05, 0.1) is 28.6 Å². The molecule has 0 aliphatic carbocycles. The van der Waals surface area contributed by atoms with Crippen LogP contribution in [0.15, 0.2) is 48.5 Å². The zero-order valence-corrected chi connectivity index (χ0v) is 17.3. The molecular formula is C19H20N3O8P. The molecule has 0 aromatic heterocycles. The van der Waals surface area contributed by atoms with E-state index in [9.17, 15) is 24.8 Å². The minimum absolute atomic E-state index is 0.0185. The maximum atomic E-state index is 13.0. The summed E-state index contributed by atoms with van der Waals surface area (Å²) in [6.07, 6.45) is 0.236. The highest BCUT2D eigenvalue weighted by molar-refractivity contribution is 7.49. The Morgan fingerprint density at radius 2 is 1.90 bits per heavy atom. The van der Waals surface area contributed by atoms with Crippen LogP contribution in [0.5, 0.6) is 5.75 Å². The maximum absolute atomic E-state index is 13.0. The lowest BCUT2D eigenvalue weighted by Gasteiger charge is -2.42. The Morgan fingerprint density at radius 3 is 2.61 bits per heavy atom. The van der Waals surface area contributed by atoms with Crippen molar-refractivity contribution in [3.63, 3.8) is 0 Å². The van der Waals surface area contributed by atoms with Gasteiger partial charge < -0.3 is 4.52 Å². The van der Waals surface area contributed by atoms with Gasteiger partial charge >= 0.3 is 13.5 Å². The highest BCUT2D eigenvalue weighted by Crippen LogP contribution is 2.56. The van der Waals surface area contributed by atoms with Crippen LogP contribution in [0.3, 0.4) is 0 Å². The van der Waals surface area contributed by atoms with Crippen molar-refractivity contribution in [1.29, 1.82) is 0 Å². The SMILES string of the molecule is O=[N+]([O-])c1ccc(OP2(=O)OC[C@@H]3CN(Cc4ccccc4)CC[C@@H]3O2)c([N+](=O)[O-])c1. The molecule has 0 radical (unpaired) electrons. The minimum atomic E-state index is -4.11. The second kappa shape index (κ2) is 8.72. The van der Waals surface area contributed by atoms with Crippen LogP contribution in [-0.4, -0.2) is 40.5 Å². The van der Waals surface area contributed by atoms with Gasteiger partial charge in [-0.05, 0) is 18.1 Å². The van der Waals surface area contributed by atoms with E-state index in [1.54, 1.807) is 0 Å². The van der Waals surface area contributed by atoms with Crippen molar-refractivity contribution in [2.45, 2.75) is 19.1 Å². The molecule has 4 rings (SSSR count). The summed E-state index contributed by atoms with van der Waals surface area (Å²) < 4.78 is 29.3. The van der Waals surface area contributed by atoms with Gasteiger partial charge in [-0.15, -0.1) is 0 Å². The second-order valence-electron chi connectivity index (χ2n) is 7.41. The minimum Gasteiger partial charge on any atom is -0.397 e. The zero-order chi connectivity index (χ0) is 22.0. The van der Waals surface area contributed by atoms with Crippen LogP contribution in [0.2, 0.25) is 0 Å². The van der Waals surface area contributed by atoms with Gasteiger partial charge in [-0.1, -0.05) is 30.3 Å². The van der Waals surface area contributed by atoms with Gasteiger partial charge in [-0.2, -0.15) is 0 Å². The molecular weight excluding hydrogens is 429 g/mol. The van der Waals surface area contributed by atoms with E-state index < -0.39 is 34.8 Å². The predicted molar refractivity (Wildman–Crippen MR) is 109 cm³/mol. The van der Waals surface area contributed by atoms with Gasteiger partial charge in [-0.25, -0.2) is 4.57 Å². The van der Waals surface area contributed by atoms with E-state index in [0.29, 0.717) is 13.0 Å². The number of hydrogen-bond donors (Lipinski definition) is 0. The molecule has 1 unspecified atom stereocenters. The number of benzene rings is 2. The van der Waals surface area contributed by atoms with Crippen LogP contribution in [0, 0.1) is 26.1 Å². The fraction of sp³-hybridized carbons (Fsp3) is 0.368. The Morgan fingerprint density at radius 1 is 1.13 bits per heavy atom. The van der Waals surface area contributed by atoms with Crippen LogP contribution in [0.25, 0.3) is 0 Å². The number of phosphoric acid groups is 1. The van der Waals surface area contributed by atoms with Gasteiger partial charge in [-0.3, -0.25) is 34.2 Å². The number of non-ortho nitro benzene ring substituents is 1. The normalized spacial score (nSPS) is 26.1. The van der Waals surface area contributed by atoms with E-state index in [2.05, 4.69) is 17.0 Å². The molecule has 0 N–H and O–H groups in total. The van der Waals surface area contributed by atoms with E-state index in [1.807, 2.05) is 18.2 Å². The third-order valence-electron chi connectivity index (χ3n) is 5.27. The van der Waals surface area contributed by atoms with Crippen molar-refractivity contribution in [3.8, 4) is 5.75 Å². The lowest BCUT2D eigenvalue weighted by molar-refractivity contribution is -0.394. The van der Waals surface area contributed by atoms with Gasteiger partial charge in [0.25, 0.3) is 5.69 Å². The summed E-state index contributed by atoms with van der Waals surface area (Å²) in [5, 5.41) is 22.2. The van der Waals surface area contributed by atoms with Crippen molar-refractivity contribution in [2.75, 3.05) is 19.7 Å². The average Bonchev–Trinajstić information content (AvgIpc) is 2.74. The largest absolute Gasteiger partial charge is 0.530 e. The number of nitro benzene ring substituents is 2. The van der Waals surface area contributed by atoms with Crippen molar-refractivity contribution < 1.29 is 28.0 Å².